The summed E-state index contributed by atoms with van der Waals surface area (Å²) in [6, 6.07) is 5.95. The molecule has 6 nitrogen and oxygen atoms in total. The average Bonchev–Trinajstić information content (AvgIpc) is 3.04. The summed E-state index contributed by atoms with van der Waals surface area (Å²) in [7, 11) is 3.30. The Morgan fingerprint density at radius 1 is 1.25 bits per heavy atom. The number of H-pyrrole nitrogens is 1. The van der Waals surface area contributed by atoms with Crippen LogP contribution in [0.1, 0.15) is 46.6 Å². The lowest BCUT2D eigenvalue weighted by molar-refractivity contribution is 0.0518. The minimum Gasteiger partial charge on any atom is -0.497 e. The summed E-state index contributed by atoms with van der Waals surface area (Å²) in [5, 5.41) is 7.17. The summed E-state index contributed by atoms with van der Waals surface area (Å²) in [5.41, 5.74) is 3.59. The van der Waals surface area contributed by atoms with Crippen molar-refractivity contribution in [2.45, 2.75) is 32.1 Å². The van der Waals surface area contributed by atoms with Crippen LogP contribution in [-0.2, 0) is 17.6 Å². The predicted octanol–water partition coefficient (Wildman–Crippen LogP) is 2.88. The Hall–Kier alpha value is -2.50. The third-order valence-corrected chi connectivity index (χ3v) is 4.46. The van der Waals surface area contributed by atoms with Gasteiger partial charge in [0.05, 0.1) is 20.8 Å². The second-order valence-electron chi connectivity index (χ2n) is 5.84. The van der Waals surface area contributed by atoms with Gasteiger partial charge in [-0.2, -0.15) is 5.10 Å². The lowest BCUT2D eigenvalue weighted by atomic mass is 9.82. The number of methoxy groups -OCH3 is 2. The summed E-state index contributed by atoms with van der Waals surface area (Å²) in [6.45, 7) is 2.15. The molecular weight excluding hydrogens is 308 g/mol. The zero-order valence-electron chi connectivity index (χ0n) is 14.2. The van der Waals surface area contributed by atoms with Gasteiger partial charge in [-0.25, -0.2) is 4.79 Å². The Balaban J connectivity index is 1.84. The maximum absolute atomic E-state index is 12.0. The molecule has 1 atom stereocenters. The molecule has 0 saturated heterocycles. The van der Waals surface area contributed by atoms with Gasteiger partial charge in [-0.05, 0) is 49.8 Å². The van der Waals surface area contributed by atoms with Crippen LogP contribution >= 0.6 is 0 Å². The monoisotopic (exact) mass is 330 g/mol. The van der Waals surface area contributed by atoms with Gasteiger partial charge >= 0.3 is 5.97 Å². The van der Waals surface area contributed by atoms with Crippen molar-refractivity contribution in [3.63, 3.8) is 0 Å². The molecule has 0 amide bonds. The van der Waals surface area contributed by atoms with Crippen LogP contribution in [0.25, 0.3) is 0 Å². The van der Waals surface area contributed by atoms with Crippen molar-refractivity contribution in [1.29, 1.82) is 0 Å². The highest BCUT2D eigenvalue weighted by Crippen LogP contribution is 2.36. The third-order valence-electron chi connectivity index (χ3n) is 4.46. The van der Waals surface area contributed by atoms with Crippen molar-refractivity contribution in [3.8, 4) is 11.5 Å². The minimum absolute atomic E-state index is 0.331. The molecule has 1 aliphatic carbocycles. The molecule has 3 rings (SSSR count). The summed E-state index contributed by atoms with van der Waals surface area (Å²) >= 11 is 0. The minimum atomic E-state index is -0.350. The van der Waals surface area contributed by atoms with Crippen molar-refractivity contribution < 1.29 is 19.0 Å². The SMILES string of the molecule is CCOC(=O)c1n[nH]c2c1CCC(c1cc(OC)cc(OC)c1)C2. The Morgan fingerprint density at radius 2 is 1.96 bits per heavy atom. The highest BCUT2D eigenvalue weighted by molar-refractivity contribution is 5.89. The Kier molecular flexibility index (Phi) is 4.74. The molecule has 2 aromatic rings. The van der Waals surface area contributed by atoms with Crippen LogP contribution in [0.15, 0.2) is 18.2 Å². The maximum atomic E-state index is 12.0. The third kappa shape index (κ3) is 3.09. The molecule has 1 aromatic heterocycles. The molecule has 1 heterocycles. The summed E-state index contributed by atoms with van der Waals surface area (Å²) < 4.78 is 15.8. The lowest BCUT2D eigenvalue weighted by Crippen LogP contribution is -2.15. The lowest BCUT2D eigenvalue weighted by Gasteiger charge is -2.23. The van der Waals surface area contributed by atoms with Crippen LogP contribution in [0.3, 0.4) is 0 Å². The summed E-state index contributed by atoms with van der Waals surface area (Å²) in [6.07, 6.45) is 2.54. The predicted molar refractivity (Wildman–Crippen MR) is 88.9 cm³/mol. The number of carbonyl (C=O) groups excluding carboxylic acids is 1. The zero-order valence-corrected chi connectivity index (χ0v) is 14.2. The fraction of sp³-hybridized carbons (Fsp3) is 0.444. The van der Waals surface area contributed by atoms with E-state index in [1.807, 2.05) is 18.2 Å². The van der Waals surface area contributed by atoms with E-state index in [0.717, 1.165) is 42.0 Å². The van der Waals surface area contributed by atoms with Crippen LogP contribution in [0.4, 0.5) is 0 Å². The number of nitrogens with one attached hydrogen (secondary N) is 1. The van der Waals surface area contributed by atoms with Gasteiger partial charge in [-0.15, -0.1) is 0 Å². The topological polar surface area (TPSA) is 73.4 Å². The number of fused-ring (bicyclic) bond motifs is 1. The quantitative estimate of drug-likeness (QED) is 0.853. The number of hydrogen-bond acceptors (Lipinski definition) is 5. The molecule has 1 N–H and O–H groups in total. The molecule has 1 aliphatic rings. The van der Waals surface area contributed by atoms with E-state index < -0.39 is 0 Å². The zero-order chi connectivity index (χ0) is 17.1. The van der Waals surface area contributed by atoms with Crippen molar-refractivity contribution in [3.05, 3.63) is 40.7 Å². The number of aromatic amines is 1. The first-order valence-corrected chi connectivity index (χ1v) is 8.12. The molecule has 6 heteroatoms. The molecule has 24 heavy (non-hydrogen) atoms. The number of benzene rings is 1. The highest BCUT2D eigenvalue weighted by atomic mass is 16.5. The van der Waals surface area contributed by atoms with Gasteiger partial charge < -0.3 is 14.2 Å². The number of rotatable bonds is 5. The first kappa shape index (κ1) is 16.4. The smallest absolute Gasteiger partial charge is 0.359 e. The van der Waals surface area contributed by atoms with E-state index in [2.05, 4.69) is 10.2 Å². The Bertz CT molecular complexity index is 716. The van der Waals surface area contributed by atoms with Gasteiger partial charge in [0.2, 0.25) is 0 Å². The van der Waals surface area contributed by atoms with E-state index in [1.165, 1.54) is 5.56 Å². The summed E-state index contributed by atoms with van der Waals surface area (Å²) in [5.74, 6) is 1.55. The van der Waals surface area contributed by atoms with E-state index in [1.54, 1.807) is 21.1 Å². The molecule has 0 aliphatic heterocycles. The number of ether oxygens (including phenoxy) is 3. The van der Waals surface area contributed by atoms with E-state index >= 15 is 0 Å². The number of nitrogens with zero attached hydrogens (tertiary/aromatic N) is 1. The molecule has 0 spiro atoms. The van der Waals surface area contributed by atoms with Crippen molar-refractivity contribution in [2.24, 2.45) is 0 Å². The van der Waals surface area contributed by atoms with Gasteiger partial charge in [-0.1, -0.05) is 0 Å². The molecule has 1 unspecified atom stereocenters. The first-order valence-electron chi connectivity index (χ1n) is 8.12. The van der Waals surface area contributed by atoms with Crippen molar-refractivity contribution in [1.82, 2.24) is 10.2 Å². The van der Waals surface area contributed by atoms with Gasteiger partial charge in [0.25, 0.3) is 0 Å². The fourth-order valence-corrected chi connectivity index (χ4v) is 3.22. The Morgan fingerprint density at radius 3 is 2.58 bits per heavy atom. The average molecular weight is 330 g/mol. The second-order valence-corrected chi connectivity index (χ2v) is 5.84. The molecule has 0 radical (unpaired) electrons. The molecule has 1 aromatic carbocycles. The van der Waals surface area contributed by atoms with E-state index in [4.69, 9.17) is 14.2 Å². The van der Waals surface area contributed by atoms with Gasteiger partial charge in [0.15, 0.2) is 5.69 Å². The Labute approximate surface area is 141 Å². The fourth-order valence-electron chi connectivity index (χ4n) is 3.22. The van der Waals surface area contributed by atoms with Crippen molar-refractivity contribution in [2.75, 3.05) is 20.8 Å². The van der Waals surface area contributed by atoms with E-state index in [-0.39, 0.29) is 5.97 Å². The van der Waals surface area contributed by atoms with Crippen molar-refractivity contribution >= 4 is 5.97 Å². The molecule has 0 fully saturated rings. The molecular formula is C18H22N2O4. The number of carbonyl (C=O) groups is 1. The van der Waals surface area contributed by atoms with Gasteiger partial charge in [0.1, 0.15) is 11.5 Å². The van der Waals surface area contributed by atoms with Crippen LogP contribution in [0.2, 0.25) is 0 Å². The van der Waals surface area contributed by atoms with Gasteiger partial charge in [0, 0.05) is 17.3 Å². The van der Waals surface area contributed by atoms with Crippen LogP contribution in [0, 0.1) is 0 Å². The second kappa shape index (κ2) is 6.95. The van der Waals surface area contributed by atoms with Crippen LogP contribution < -0.4 is 9.47 Å². The molecule has 0 saturated carbocycles. The number of aromatic nitrogens is 2. The van der Waals surface area contributed by atoms with Crippen LogP contribution in [-0.4, -0.2) is 37.0 Å². The largest absolute Gasteiger partial charge is 0.497 e. The molecule has 0 bridgehead atoms. The maximum Gasteiger partial charge on any atom is 0.359 e. The van der Waals surface area contributed by atoms with E-state index in [9.17, 15) is 4.79 Å². The highest BCUT2D eigenvalue weighted by Gasteiger charge is 2.28. The summed E-state index contributed by atoms with van der Waals surface area (Å²) in [4.78, 5) is 12.0. The normalized spacial score (nSPS) is 16.4. The van der Waals surface area contributed by atoms with E-state index in [0.29, 0.717) is 18.2 Å². The number of hydrogen-bond donors (Lipinski definition) is 1. The standard InChI is InChI=1S/C18H22N2O4/c1-4-24-18(21)17-15-6-5-11(9-16(15)19-20-17)12-7-13(22-2)10-14(8-12)23-3/h7-8,10-11H,4-6,9H2,1-3H3,(H,19,20). The number of esters is 1. The first-order chi connectivity index (χ1) is 11.7. The molecule has 128 valence electrons. The van der Waals surface area contributed by atoms with Crippen LogP contribution in [0.5, 0.6) is 11.5 Å². The van der Waals surface area contributed by atoms with Gasteiger partial charge in [-0.3, -0.25) is 5.10 Å².